The number of halogens is 3. The van der Waals surface area contributed by atoms with E-state index in [0.29, 0.717) is 18.1 Å². The zero-order chi connectivity index (χ0) is 16.6. The molecule has 23 heavy (non-hydrogen) atoms. The van der Waals surface area contributed by atoms with Crippen LogP contribution in [-0.2, 0) is 19.4 Å². The van der Waals surface area contributed by atoms with E-state index in [9.17, 15) is 18.0 Å². The Hall–Kier alpha value is -2.32. The molecule has 1 aliphatic carbocycles. The van der Waals surface area contributed by atoms with E-state index in [1.807, 2.05) is 0 Å². The highest BCUT2D eigenvalue weighted by molar-refractivity contribution is 6.03. The monoisotopic (exact) mass is 328 g/mol. The van der Waals surface area contributed by atoms with Crippen molar-refractivity contribution in [3.8, 4) is 0 Å². The van der Waals surface area contributed by atoms with Gasteiger partial charge < -0.3 is 9.84 Å². The smallest absolute Gasteiger partial charge is 0.360 e. The minimum absolute atomic E-state index is 0.180. The molecule has 0 saturated heterocycles. The van der Waals surface area contributed by atoms with Crippen molar-refractivity contribution in [2.24, 2.45) is 5.92 Å². The maximum absolute atomic E-state index is 12.3. The van der Waals surface area contributed by atoms with Gasteiger partial charge in [0.25, 0.3) is 5.91 Å². The first kappa shape index (κ1) is 15.6. The third-order valence-electron chi connectivity index (χ3n) is 3.73. The Morgan fingerprint density at radius 3 is 3.04 bits per heavy atom. The van der Waals surface area contributed by atoms with Gasteiger partial charge in [-0.25, -0.2) is 0 Å². The van der Waals surface area contributed by atoms with Crippen molar-refractivity contribution >= 4 is 11.6 Å². The van der Waals surface area contributed by atoms with Gasteiger partial charge in [0, 0.05) is 18.2 Å². The topological polar surface area (TPSA) is 73.0 Å². The lowest BCUT2D eigenvalue weighted by molar-refractivity contribution is -0.142. The van der Waals surface area contributed by atoms with Gasteiger partial charge in [-0.2, -0.15) is 18.3 Å². The van der Waals surface area contributed by atoms with Crippen LogP contribution in [0.15, 0.2) is 16.9 Å². The fourth-order valence-corrected chi connectivity index (χ4v) is 2.65. The SMILES string of the molecule is C[C@H]1CCc2onc(C(=O)Nc3cnn(CC(F)(F)F)c3)c2C1. The predicted octanol–water partition coefficient (Wildman–Crippen LogP) is 2.81. The molecule has 0 unspecified atom stereocenters. The fraction of sp³-hybridized carbons (Fsp3) is 0.500. The van der Waals surface area contributed by atoms with Gasteiger partial charge in [0.1, 0.15) is 12.3 Å². The van der Waals surface area contributed by atoms with E-state index in [0.717, 1.165) is 29.3 Å². The van der Waals surface area contributed by atoms with E-state index < -0.39 is 18.6 Å². The number of hydrogen-bond donors (Lipinski definition) is 1. The van der Waals surface area contributed by atoms with Gasteiger partial charge in [-0.05, 0) is 18.8 Å². The van der Waals surface area contributed by atoms with Crippen molar-refractivity contribution in [2.75, 3.05) is 5.32 Å². The molecular weight excluding hydrogens is 313 g/mol. The molecule has 0 aromatic carbocycles. The molecule has 1 atom stereocenters. The highest BCUT2D eigenvalue weighted by atomic mass is 19.4. The molecule has 2 aromatic rings. The Morgan fingerprint density at radius 1 is 1.52 bits per heavy atom. The number of nitrogens with one attached hydrogen (secondary N) is 1. The Bertz CT molecular complexity index is 720. The predicted molar refractivity (Wildman–Crippen MR) is 73.9 cm³/mol. The second-order valence-corrected chi connectivity index (χ2v) is 5.78. The van der Waals surface area contributed by atoms with Gasteiger partial charge in [0.15, 0.2) is 5.69 Å². The van der Waals surface area contributed by atoms with Crippen molar-refractivity contribution in [1.82, 2.24) is 14.9 Å². The summed E-state index contributed by atoms with van der Waals surface area (Å²) in [6.07, 6.45) is 0.344. The van der Waals surface area contributed by atoms with Gasteiger partial charge in [0.2, 0.25) is 0 Å². The number of aromatic nitrogens is 3. The van der Waals surface area contributed by atoms with E-state index in [1.165, 1.54) is 6.20 Å². The minimum atomic E-state index is -4.37. The molecule has 0 saturated carbocycles. The normalized spacial score (nSPS) is 17.8. The molecule has 1 amide bonds. The summed E-state index contributed by atoms with van der Waals surface area (Å²) in [5.41, 5.74) is 1.15. The molecule has 2 aromatic heterocycles. The lowest BCUT2D eigenvalue weighted by atomic mass is 9.88. The second-order valence-electron chi connectivity index (χ2n) is 5.78. The maximum atomic E-state index is 12.3. The largest absolute Gasteiger partial charge is 0.408 e. The first-order chi connectivity index (χ1) is 10.8. The number of nitrogens with zero attached hydrogens (tertiary/aromatic N) is 3. The number of fused-ring (bicyclic) bond motifs is 1. The Labute approximate surface area is 129 Å². The van der Waals surface area contributed by atoms with E-state index in [1.54, 1.807) is 0 Å². The summed E-state index contributed by atoms with van der Waals surface area (Å²) in [5, 5.41) is 9.88. The molecule has 0 fully saturated rings. The van der Waals surface area contributed by atoms with Crippen LogP contribution in [-0.4, -0.2) is 27.0 Å². The van der Waals surface area contributed by atoms with Crippen molar-refractivity contribution < 1.29 is 22.5 Å². The minimum Gasteiger partial charge on any atom is -0.360 e. The van der Waals surface area contributed by atoms with Crippen LogP contribution in [0.25, 0.3) is 0 Å². The van der Waals surface area contributed by atoms with Crippen LogP contribution in [0.1, 0.15) is 35.2 Å². The van der Waals surface area contributed by atoms with Crippen LogP contribution in [0, 0.1) is 5.92 Å². The van der Waals surface area contributed by atoms with E-state index in [2.05, 4.69) is 22.5 Å². The van der Waals surface area contributed by atoms with Crippen molar-refractivity contribution in [3.63, 3.8) is 0 Å². The summed E-state index contributed by atoms with van der Waals surface area (Å²) in [4.78, 5) is 12.3. The first-order valence-corrected chi connectivity index (χ1v) is 7.20. The summed E-state index contributed by atoms with van der Waals surface area (Å²) in [6.45, 7) is 0.874. The number of alkyl halides is 3. The fourth-order valence-electron chi connectivity index (χ4n) is 2.65. The summed E-state index contributed by atoms with van der Waals surface area (Å²) < 4.78 is 42.8. The zero-order valence-electron chi connectivity index (χ0n) is 12.4. The van der Waals surface area contributed by atoms with Crippen LogP contribution in [0.2, 0.25) is 0 Å². The Morgan fingerprint density at radius 2 is 2.30 bits per heavy atom. The Balaban J connectivity index is 1.72. The molecule has 0 spiro atoms. The third-order valence-corrected chi connectivity index (χ3v) is 3.73. The lowest BCUT2D eigenvalue weighted by Crippen LogP contribution is -2.18. The molecule has 2 heterocycles. The second kappa shape index (κ2) is 5.71. The van der Waals surface area contributed by atoms with E-state index in [4.69, 9.17) is 4.52 Å². The van der Waals surface area contributed by atoms with Crippen LogP contribution < -0.4 is 5.32 Å². The van der Waals surface area contributed by atoms with Gasteiger partial charge in [-0.3, -0.25) is 9.48 Å². The summed E-state index contributed by atoms with van der Waals surface area (Å²) in [7, 11) is 0. The molecule has 1 aliphatic rings. The highest BCUT2D eigenvalue weighted by Crippen LogP contribution is 2.28. The third kappa shape index (κ3) is 3.54. The quantitative estimate of drug-likeness (QED) is 0.940. The van der Waals surface area contributed by atoms with Crippen LogP contribution in [0.3, 0.4) is 0 Å². The molecule has 0 aliphatic heterocycles. The van der Waals surface area contributed by atoms with Crippen molar-refractivity contribution in [3.05, 3.63) is 29.4 Å². The molecule has 1 N–H and O–H groups in total. The van der Waals surface area contributed by atoms with Crippen LogP contribution >= 0.6 is 0 Å². The molecular formula is C14H15F3N4O2. The average molecular weight is 328 g/mol. The number of carbonyl (C=O) groups excluding carboxylic acids is 1. The Kier molecular flexibility index (Phi) is 3.87. The average Bonchev–Trinajstić information content (AvgIpc) is 3.03. The number of carbonyl (C=O) groups is 1. The molecule has 0 radical (unpaired) electrons. The highest BCUT2D eigenvalue weighted by Gasteiger charge is 2.29. The van der Waals surface area contributed by atoms with E-state index in [-0.39, 0.29) is 11.4 Å². The zero-order valence-corrected chi connectivity index (χ0v) is 12.4. The van der Waals surface area contributed by atoms with Crippen molar-refractivity contribution in [2.45, 2.75) is 38.9 Å². The van der Waals surface area contributed by atoms with Gasteiger partial charge in [0.05, 0.1) is 11.9 Å². The number of aryl methyl sites for hydroxylation is 1. The van der Waals surface area contributed by atoms with E-state index >= 15 is 0 Å². The standard InChI is InChI=1S/C14H15F3N4O2/c1-8-2-3-11-10(4-8)12(20-23-11)13(22)19-9-5-18-21(6-9)7-14(15,16)17/h5-6,8H,2-4,7H2,1H3,(H,19,22)/t8-/m0/s1. The van der Waals surface area contributed by atoms with Crippen LogP contribution in [0.4, 0.5) is 18.9 Å². The van der Waals surface area contributed by atoms with Gasteiger partial charge in [-0.15, -0.1) is 0 Å². The number of anilines is 1. The summed E-state index contributed by atoms with van der Waals surface area (Å²) in [6, 6.07) is 0. The van der Waals surface area contributed by atoms with Gasteiger partial charge in [-0.1, -0.05) is 12.1 Å². The molecule has 124 valence electrons. The summed E-state index contributed by atoms with van der Waals surface area (Å²) >= 11 is 0. The number of amides is 1. The van der Waals surface area contributed by atoms with Gasteiger partial charge >= 0.3 is 6.18 Å². The number of hydrogen-bond acceptors (Lipinski definition) is 4. The maximum Gasteiger partial charge on any atom is 0.408 e. The first-order valence-electron chi connectivity index (χ1n) is 7.20. The van der Waals surface area contributed by atoms with Crippen LogP contribution in [0.5, 0.6) is 0 Å². The molecule has 6 nitrogen and oxygen atoms in total. The molecule has 3 rings (SSSR count). The summed E-state index contributed by atoms with van der Waals surface area (Å²) in [5.74, 6) is 0.639. The lowest BCUT2D eigenvalue weighted by Gasteiger charge is -2.16. The molecule has 0 bridgehead atoms. The van der Waals surface area contributed by atoms with Crippen molar-refractivity contribution in [1.29, 1.82) is 0 Å². The molecule has 9 heteroatoms. The number of rotatable bonds is 3.